The molecule has 0 fully saturated rings. The van der Waals surface area contributed by atoms with E-state index in [0.717, 1.165) is 17.7 Å². The molecule has 0 aromatic carbocycles. The number of thiophene rings is 2. The van der Waals surface area contributed by atoms with Crippen molar-refractivity contribution in [2.45, 2.75) is 0 Å². The van der Waals surface area contributed by atoms with Crippen LogP contribution < -0.4 is 0 Å². The minimum atomic E-state index is -0.870. The van der Waals surface area contributed by atoms with Crippen molar-refractivity contribution in [2.75, 3.05) is 0 Å². The Morgan fingerprint density at radius 2 is 2.00 bits per heavy atom. The predicted octanol–water partition coefficient (Wildman–Crippen LogP) is 4.19. The molecule has 0 atom stereocenters. The third kappa shape index (κ3) is 1.56. The third-order valence-corrected chi connectivity index (χ3v) is 5.62. The molecule has 0 unspecified atom stereocenters. The van der Waals surface area contributed by atoms with Crippen LogP contribution in [0.3, 0.4) is 0 Å². The van der Waals surface area contributed by atoms with E-state index in [4.69, 9.17) is 5.11 Å². The molecule has 2 rings (SSSR count). The molecule has 2 heterocycles. The van der Waals surface area contributed by atoms with E-state index in [0.29, 0.717) is 4.88 Å². The van der Waals surface area contributed by atoms with Gasteiger partial charge in [-0.2, -0.15) is 0 Å². The fourth-order valence-corrected chi connectivity index (χ4v) is 5.27. The summed E-state index contributed by atoms with van der Waals surface area (Å²) in [6.45, 7) is 0. The molecule has 0 radical (unpaired) electrons. The lowest BCUT2D eigenvalue weighted by Crippen LogP contribution is -1.89. The molecule has 0 amide bonds. The number of fused-ring (bicyclic) bond motifs is 1. The first-order chi connectivity index (χ1) is 6.09. The highest BCUT2D eigenvalue weighted by Gasteiger charge is 2.14. The van der Waals surface area contributed by atoms with Crippen LogP contribution in [0.15, 0.2) is 13.6 Å². The highest BCUT2D eigenvalue weighted by molar-refractivity contribution is 9.12. The van der Waals surface area contributed by atoms with Gasteiger partial charge in [-0.05, 0) is 37.9 Å². The quantitative estimate of drug-likeness (QED) is 0.844. The lowest BCUT2D eigenvalue weighted by atomic mass is 10.4. The number of carbonyl (C=O) groups is 1. The number of carboxylic acid groups (broad SMARTS) is 1. The number of aromatic carboxylic acids is 1. The Balaban J connectivity index is 2.76. The van der Waals surface area contributed by atoms with E-state index in [1.165, 1.54) is 11.3 Å². The maximum atomic E-state index is 10.7. The monoisotopic (exact) mass is 340 g/mol. The number of carboxylic acids is 1. The van der Waals surface area contributed by atoms with Gasteiger partial charge in [-0.3, -0.25) is 0 Å². The topological polar surface area (TPSA) is 37.3 Å². The van der Waals surface area contributed by atoms with Crippen LogP contribution in [-0.4, -0.2) is 11.1 Å². The fourth-order valence-electron chi connectivity index (χ4n) is 0.968. The molecule has 0 aliphatic carbocycles. The van der Waals surface area contributed by atoms with Crippen LogP contribution in [0, 0.1) is 0 Å². The van der Waals surface area contributed by atoms with Gasteiger partial charge in [0.2, 0.25) is 0 Å². The Morgan fingerprint density at radius 3 is 2.54 bits per heavy atom. The summed E-state index contributed by atoms with van der Waals surface area (Å²) in [5.74, 6) is -0.870. The van der Waals surface area contributed by atoms with Gasteiger partial charge in [0.05, 0.1) is 12.3 Å². The van der Waals surface area contributed by atoms with E-state index in [2.05, 4.69) is 31.9 Å². The molecule has 6 heteroatoms. The number of hydrogen-bond acceptors (Lipinski definition) is 3. The van der Waals surface area contributed by atoms with Crippen molar-refractivity contribution in [2.24, 2.45) is 0 Å². The van der Waals surface area contributed by atoms with Crippen molar-refractivity contribution >= 4 is 70.6 Å². The average molecular weight is 342 g/mol. The maximum absolute atomic E-state index is 10.7. The van der Waals surface area contributed by atoms with Crippen LogP contribution in [0.2, 0.25) is 0 Å². The molecule has 2 aromatic heterocycles. The second-order valence-corrected chi connectivity index (χ2v) is 7.02. The Labute approximate surface area is 98.4 Å². The first kappa shape index (κ1) is 9.64. The Bertz CT molecular complexity index is 451. The zero-order valence-electron chi connectivity index (χ0n) is 6.01. The third-order valence-electron chi connectivity index (χ3n) is 1.51. The SMILES string of the molecule is O=C(O)c1cc2c(Br)sc(Br)c2s1. The van der Waals surface area contributed by atoms with E-state index in [-0.39, 0.29) is 0 Å². The van der Waals surface area contributed by atoms with E-state index in [1.807, 2.05) is 0 Å². The van der Waals surface area contributed by atoms with E-state index in [9.17, 15) is 4.79 Å². The summed E-state index contributed by atoms with van der Waals surface area (Å²) in [6, 6.07) is 1.69. The van der Waals surface area contributed by atoms with Gasteiger partial charge in [0.1, 0.15) is 4.88 Å². The second kappa shape index (κ2) is 3.34. The molecule has 0 aliphatic rings. The number of hydrogen-bond donors (Lipinski definition) is 1. The summed E-state index contributed by atoms with van der Waals surface area (Å²) in [6.07, 6.45) is 0. The van der Waals surface area contributed by atoms with Gasteiger partial charge in [0, 0.05) is 5.39 Å². The van der Waals surface area contributed by atoms with Crippen LogP contribution in [0.5, 0.6) is 0 Å². The largest absolute Gasteiger partial charge is 0.477 e. The normalized spacial score (nSPS) is 10.9. The van der Waals surface area contributed by atoms with Crippen LogP contribution in [-0.2, 0) is 0 Å². The number of rotatable bonds is 1. The van der Waals surface area contributed by atoms with Crippen LogP contribution >= 0.6 is 54.5 Å². The summed E-state index contributed by atoms with van der Waals surface area (Å²) in [7, 11) is 0. The van der Waals surface area contributed by atoms with Gasteiger partial charge in [-0.1, -0.05) is 0 Å². The summed E-state index contributed by atoms with van der Waals surface area (Å²) in [4.78, 5) is 11.0. The van der Waals surface area contributed by atoms with Crippen molar-refractivity contribution in [3.8, 4) is 0 Å². The summed E-state index contributed by atoms with van der Waals surface area (Å²) in [5, 5.41) is 9.74. The van der Waals surface area contributed by atoms with E-state index in [1.54, 1.807) is 17.4 Å². The first-order valence-electron chi connectivity index (χ1n) is 3.20. The first-order valence-corrected chi connectivity index (χ1v) is 6.42. The zero-order valence-corrected chi connectivity index (χ0v) is 10.8. The smallest absolute Gasteiger partial charge is 0.345 e. The highest BCUT2D eigenvalue weighted by Crippen LogP contribution is 2.43. The standard InChI is InChI=1S/C7H2Br2O2S2/c8-5-2-1-3(7(10)11)12-4(2)6(9)13-5/h1H,(H,10,11). The van der Waals surface area contributed by atoms with Crippen LogP contribution in [0.1, 0.15) is 9.67 Å². The fraction of sp³-hybridized carbons (Fsp3) is 0. The number of halogens is 2. The molecule has 13 heavy (non-hydrogen) atoms. The van der Waals surface area contributed by atoms with Crippen molar-refractivity contribution < 1.29 is 9.90 Å². The minimum Gasteiger partial charge on any atom is -0.477 e. The maximum Gasteiger partial charge on any atom is 0.345 e. The molecular weight excluding hydrogens is 340 g/mol. The molecule has 0 aliphatic heterocycles. The lowest BCUT2D eigenvalue weighted by Gasteiger charge is -1.82. The Kier molecular flexibility index (Phi) is 2.48. The van der Waals surface area contributed by atoms with Crippen molar-refractivity contribution in [3.63, 3.8) is 0 Å². The van der Waals surface area contributed by atoms with Crippen molar-refractivity contribution in [1.82, 2.24) is 0 Å². The molecule has 0 bridgehead atoms. The Hall–Kier alpha value is 0.0900. The van der Waals surface area contributed by atoms with E-state index >= 15 is 0 Å². The molecule has 0 saturated carbocycles. The van der Waals surface area contributed by atoms with Gasteiger partial charge >= 0.3 is 5.97 Å². The molecule has 0 saturated heterocycles. The van der Waals surface area contributed by atoms with Gasteiger partial charge in [0.15, 0.2) is 0 Å². The van der Waals surface area contributed by atoms with Crippen LogP contribution in [0.4, 0.5) is 0 Å². The van der Waals surface area contributed by atoms with E-state index < -0.39 is 5.97 Å². The summed E-state index contributed by atoms with van der Waals surface area (Å²) in [5.41, 5.74) is 0. The lowest BCUT2D eigenvalue weighted by molar-refractivity contribution is 0.0702. The van der Waals surface area contributed by atoms with Gasteiger partial charge in [-0.25, -0.2) is 4.79 Å². The summed E-state index contributed by atoms with van der Waals surface area (Å²) < 4.78 is 2.94. The molecule has 68 valence electrons. The zero-order chi connectivity index (χ0) is 9.59. The highest BCUT2D eigenvalue weighted by atomic mass is 79.9. The predicted molar refractivity (Wildman–Crippen MR) is 62.1 cm³/mol. The minimum absolute atomic E-state index is 0.374. The second-order valence-electron chi connectivity index (χ2n) is 2.31. The van der Waals surface area contributed by atoms with Gasteiger partial charge in [-0.15, -0.1) is 22.7 Å². The summed E-state index contributed by atoms with van der Waals surface area (Å²) >= 11 is 9.62. The van der Waals surface area contributed by atoms with Gasteiger partial charge < -0.3 is 5.11 Å². The van der Waals surface area contributed by atoms with Crippen molar-refractivity contribution in [3.05, 3.63) is 18.5 Å². The average Bonchev–Trinajstić information content (AvgIpc) is 2.55. The molecule has 0 spiro atoms. The van der Waals surface area contributed by atoms with Crippen LogP contribution in [0.25, 0.3) is 10.1 Å². The molecule has 1 N–H and O–H groups in total. The molecular formula is C7H2Br2O2S2. The van der Waals surface area contributed by atoms with Gasteiger partial charge in [0.25, 0.3) is 0 Å². The molecule has 2 aromatic rings. The Morgan fingerprint density at radius 1 is 1.31 bits per heavy atom. The molecule has 2 nitrogen and oxygen atoms in total. The van der Waals surface area contributed by atoms with Crippen molar-refractivity contribution in [1.29, 1.82) is 0 Å².